The summed E-state index contributed by atoms with van der Waals surface area (Å²) in [7, 11) is 0. The van der Waals surface area contributed by atoms with Crippen LogP contribution in [0.2, 0.25) is 10.0 Å². The zero-order chi connectivity index (χ0) is 16.1. The number of nitrogens with zero attached hydrogens (tertiary/aromatic N) is 1. The van der Waals surface area contributed by atoms with Crippen LogP contribution in [0.5, 0.6) is 5.75 Å². The summed E-state index contributed by atoms with van der Waals surface area (Å²) in [6.45, 7) is 3.69. The Hall–Kier alpha value is -1.17. The van der Waals surface area contributed by atoms with Crippen molar-refractivity contribution < 1.29 is 14.6 Å². The molecular formula is C15H20Cl2N2O3. The molecule has 5 nitrogen and oxygen atoms in total. The van der Waals surface area contributed by atoms with Crippen LogP contribution in [0, 0.1) is 5.92 Å². The van der Waals surface area contributed by atoms with Gasteiger partial charge >= 0.3 is 6.03 Å². The maximum atomic E-state index is 12.0. The van der Waals surface area contributed by atoms with E-state index in [1.807, 2.05) is 0 Å². The van der Waals surface area contributed by atoms with Gasteiger partial charge < -0.3 is 20.1 Å². The Bertz CT molecular complexity index is 526. The number of benzene rings is 1. The van der Waals surface area contributed by atoms with Gasteiger partial charge in [-0.3, -0.25) is 0 Å². The van der Waals surface area contributed by atoms with Gasteiger partial charge in [-0.2, -0.15) is 0 Å². The van der Waals surface area contributed by atoms with E-state index in [1.165, 1.54) is 0 Å². The second kappa shape index (κ2) is 7.90. The quantitative estimate of drug-likeness (QED) is 0.806. The van der Waals surface area contributed by atoms with Gasteiger partial charge in [-0.25, -0.2) is 4.79 Å². The largest absolute Gasteiger partial charge is 0.490 e. The number of carbonyl (C=O) groups is 1. The molecule has 0 unspecified atom stereocenters. The first-order valence-corrected chi connectivity index (χ1v) is 8.02. The van der Waals surface area contributed by atoms with Gasteiger partial charge in [-0.05, 0) is 25.5 Å². The summed E-state index contributed by atoms with van der Waals surface area (Å²) >= 11 is 11.9. The van der Waals surface area contributed by atoms with Crippen LogP contribution in [0.3, 0.4) is 0 Å². The van der Waals surface area contributed by atoms with Crippen LogP contribution in [-0.2, 0) is 0 Å². The van der Waals surface area contributed by atoms with Crippen molar-refractivity contribution in [2.45, 2.75) is 19.4 Å². The monoisotopic (exact) mass is 346 g/mol. The Morgan fingerprint density at radius 3 is 3.00 bits per heavy atom. The number of hydrogen-bond donors (Lipinski definition) is 2. The summed E-state index contributed by atoms with van der Waals surface area (Å²) in [5, 5.41) is 13.1. The van der Waals surface area contributed by atoms with Crippen molar-refractivity contribution in [3.63, 3.8) is 0 Å². The molecule has 22 heavy (non-hydrogen) atoms. The molecule has 1 heterocycles. The van der Waals surface area contributed by atoms with E-state index in [2.05, 4.69) is 5.32 Å². The van der Waals surface area contributed by atoms with E-state index in [0.29, 0.717) is 42.0 Å². The van der Waals surface area contributed by atoms with Crippen molar-refractivity contribution in [2.75, 3.05) is 26.2 Å². The van der Waals surface area contributed by atoms with Gasteiger partial charge in [-0.15, -0.1) is 0 Å². The minimum atomic E-state index is -0.383. The van der Waals surface area contributed by atoms with Gasteiger partial charge in [0.05, 0.1) is 17.7 Å². The molecule has 1 aliphatic heterocycles. The van der Waals surface area contributed by atoms with Gasteiger partial charge in [0, 0.05) is 19.0 Å². The van der Waals surface area contributed by atoms with Crippen molar-refractivity contribution >= 4 is 29.2 Å². The van der Waals surface area contributed by atoms with E-state index < -0.39 is 0 Å². The highest BCUT2D eigenvalue weighted by molar-refractivity contribution is 6.42. The first kappa shape index (κ1) is 17.2. The number of halogens is 2. The number of aliphatic hydroxyl groups excluding tert-OH is 1. The smallest absolute Gasteiger partial charge is 0.317 e. The predicted molar refractivity (Wildman–Crippen MR) is 86.7 cm³/mol. The van der Waals surface area contributed by atoms with E-state index in [1.54, 1.807) is 30.0 Å². The Kier molecular flexibility index (Phi) is 6.17. The van der Waals surface area contributed by atoms with Crippen LogP contribution in [0.4, 0.5) is 4.79 Å². The lowest BCUT2D eigenvalue weighted by Crippen LogP contribution is -2.40. The number of hydrogen-bond acceptors (Lipinski definition) is 3. The number of carbonyl (C=O) groups excluding carboxylic acids is 1. The van der Waals surface area contributed by atoms with Crippen LogP contribution in [0.15, 0.2) is 18.2 Å². The molecule has 7 heteroatoms. The Morgan fingerprint density at radius 2 is 2.32 bits per heavy atom. The molecule has 1 aliphatic rings. The van der Waals surface area contributed by atoms with E-state index in [0.717, 1.165) is 6.42 Å². The van der Waals surface area contributed by atoms with Crippen molar-refractivity contribution in [3.8, 4) is 5.75 Å². The lowest BCUT2D eigenvalue weighted by Gasteiger charge is -2.18. The Labute approximate surface area is 140 Å². The number of likely N-dealkylation sites (tertiary alicyclic amines) is 1. The van der Waals surface area contributed by atoms with E-state index in [9.17, 15) is 9.90 Å². The number of amides is 2. The molecule has 1 saturated heterocycles. The molecular weight excluding hydrogens is 327 g/mol. The number of rotatable bonds is 5. The van der Waals surface area contributed by atoms with Crippen LogP contribution in [0.25, 0.3) is 0 Å². The molecule has 1 aromatic carbocycles. The maximum absolute atomic E-state index is 12.0. The molecule has 0 aromatic heterocycles. The van der Waals surface area contributed by atoms with Gasteiger partial charge in [0.1, 0.15) is 17.4 Å². The molecule has 122 valence electrons. The second-order valence-corrected chi connectivity index (χ2v) is 6.15. The molecule has 0 aliphatic carbocycles. The highest BCUT2D eigenvalue weighted by Crippen LogP contribution is 2.31. The molecule has 0 radical (unpaired) electrons. The van der Waals surface area contributed by atoms with Crippen LogP contribution in [-0.4, -0.2) is 48.4 Å². The molecule has 2 atom stereocenters. The minimum Gasteiger partial charge on any atom is -0.490 e. The fourth-order valence-electron chi connectivity index (χ4n) is 2.39. The van der Waals surface area contributed by atoms with Gasteiger partial charge in [-0.1, -0.05) is 29.3 Å². The zero-order valence-corrected chi connectivity index (χ0v) is 13.9. The number of aliphatic hydroxyl groups is 1. The number of urea groups is 1. The summed E-state index contributed by atoms with van der Waals surface area (Å²) < 4.78 is 5.50. The van der Waals surface area contributed by atoms with Crippen molar-refractivity contribution in [1.82, 2.24) is 10.2 Å². The third-order valence-electron chi connectivity index (χ3n) is 3.75. The van der Waals surface area contributed by atoms with Crippen LogP contribution >= 0.6 is 23.2 Å². The summed E-state index contributed by atoms with van der Waals surface area (Å²) in [6.07, 6.45) is 0.450. The average Bonchev–Trinajstić information content (AvgIpc) is 2.97. The van der Waals surface area contributed by atoms with Crippen molar-refractivity contribution in [3.05, 3.63) is 28.2 Å². The SMILES string of the molecule is C[C@H](O)[C@@H]1CCN(C(=O)NCCOc2cccc(Cl)c2Cl)C1. The Morgan fingerprint density at radius 1 is 1.55 bits per heavy atom. The number of nitrogens with one attached hydrogen (secondary N) is 1. The number of ether oxygens (including phenoxy) is 1. The lowest BCUT2D eigenvalue weighted by atomic mass is 10.0. The maximum Gasteiger partial charge on any atom is 0.317 e. The highest BCUT2D eigenvalue weighted by atomic mass is 35.5. The van der Waals surface area contributed by atoms with Crippen LogP contribution < -0.4 is 10.1 Å². The van der Waals surface area contributed by atoms with E-state index >= 15 is 0 Å². The van der Waals surface area contributed by atoms with E-state index in [-0.39, 0.29) is 18.1 Å². The standard InChI is InChI=1S/C15H20Cl2N2O3/c1-10(20)11-5-7-19(9-11)15(21)18-6-8-22-13-4-2-3-12(16)14(13)17/h2-4,10-11,20H,5-9H2,1H3,(H,18,21)/t10-,11+/m0/s1. The van der Waals surface area contributed by atoms with Gasteiger partial charge in [0.25, 0.3) is 0 Å². The average molecular weight is 347 g/mol. The van der Waals surface area contributed by atoms with Gasteiger partial charge in [0.2, 0.25) is 0 Å². The fraction of sp³-hybridized carbons (Fsp3) is 0.533. The summed E-state index contributed by atoms with van der Waals surface area (Å²) in [6, 6.07) is 5.03. The summed E-state index contributed by atoms with van der Waals surface area (Å²) in [5.41, 5.74) is 0. The molecule has 2 rings (SSSR count). The molecule has 2 N–H and O–H groups in total. The molecule has 2 amide bonds. The molecule has 0 saturated carbocycles. The zero-order valence-electron chi connectivity index (χ0n) is 12.4. The predicted octanol–water partition coefficient (Wildman–Crippen LogP) is 2.78. The second-order valence-electron chi connectivity index (χ2n) is 5.37. The highest BCUT2D eigenvalue weighted by Gasteiger charge is 2.28. The first-order valence-electron chi connectivity index (χ1n) is 7.26. The summed E-state index contributed by atoms with van der Waals surface area (Å²) in [5.74, 6) is 0.658. The molecule has 0 spiro atoms. The fourth-order valence-corrected chi connectivity index (χ4v) is 2.74. The third kappa shape index (κ3) is 4.41. The lowest BCUT2D eigenvalue weighted by molar-refractivity contribution is 0.129. The summed E-state index contributed by atoms with van der Waals surface area (Å²) in [4.78, 5) is 13.7. The third-order valence-corrected chi connectivity index (χ3v) is 4.55. The molecule has 1 fully saturated rings. The topological polar surface area (TPSA) is 61.8 Å². The van der Waals surface area contributed by atoms with Crippen LogP contribution in [0.1, 0.15) is 13.3 Å². The Balaban J connectivity index is 1.71. The minimum absolute atomic E-state index is 0.135. The normalized spacial score (nSPS) is 19.1. The van der Waals surface area contributed by atoms with Crippen molar-refractivity contribution in [2.24, 2.45) is 5.92 Å². The molecule has 0 bridgehead atoms. The first-order chi connectivity index (χ1) is 10.5. The van der Waals surface area contributed by atoms with Crippen molar-refractivity contribution in [1.29, 1.82) is 0 Å². The van der Waals surface area contributed by atoms with Gasteiger partial charge in [0.15, 0.2) is 0 Å². The van der Waals surface area contributed by atoms with E-state index in [4.69, 9.17) is 27.9 Å². The molecule has 1 aromatic rings.